The lowest BCUT2D eigenvalue weighted by molar-refractivity contribution is 0.00954. The van der Waals surface area contributed by atoms with Gasteiger partial charge in [-0.2, -0.15) is 4.98 Å². The van der Waals surface area contributed by atoms with Crippen LogP contribution in [0, 0.1) is 0 Å². The third-order valence-corrected chi connectivity index (χ3v) is 7.61. The second kappa shape index (κ2) is 14.6. The first-order valence-corrected chi connectivity index (χ1v) is 15.1. The number of nitrogens with zero attached hydrogens (tertiary/aromatic N) is 5. The fourth-order valence-electron chi connectivity index (χ4n) is 5.08. The second-order valence-corrected chi connectivity index (χ2v) is 11.2. The maximum atomic E-state index is 12.0. The number of nitrogens with one attached hydrogen (secondary N) is 3. The summed E-state index contributed by atoms with van der Waals surface area (Å²) >= 11 is 4.19. The monoisotopic (exact) mass is 618 g/mol. The Morgan fingerprint density at radius 3 is 2.61 bits per heavy atom. The van der Waals surface area contributed by atoms with E-state index >= 15 is 0 Å². The first-order valence-electron chi connectivity index (χ1n) is 14.7. The van der Waals surface area contributed by atoms with E-state index in [1.165, 1.54) is 5.56 Å². The number of ether oxygens (including phenoxy) is 1. The number of rotatable bonds is 10. The Labute approximate surface area is 262 Å². The van der Waals surface area contributed by atoms with E-state index < -0.39 is 5.60 Å². The highest BCUT2D eigenvalue weighted by Gasteiger charge is 2.37. The van der Waals surface area contributed by atoms with E-state index in [4.69, 9.17) is 14.3 Å². The van der Waals surface area contributed by atoms with Gasteiger partial charge in [-0.25, -0.2) is 9.78 Å². The smallest absolute Gasteiger partial charge is 0.339 e. The van der Waals surface area contributed by atoms with Crippen LogP contribution in [0.1, 0.15) is 47.6 Å². The molecule has 0 bridgehead atoms. The lowest BCUT2D eigenvalue weighted by atomic mass is 9.95. The molecule has 2 aliphatic rings. The predicted octanol–water partition coefficient (Wildman–Crippen LogP) is 3.99. The summed E-state index contributed by atoms with van der Waals surface area (Å²) in [5.74, 6) is 1.38. The third kappa shape index (κ3) is 7.91. The number of aryl methyl sites for hydroxylation is 1. The van der Waals surface area contributed by atoms with Crippen molar-refractivity contribution in [3.05, 3.63) is 77.3 Å². The molecule has 4 aromatic rings. The summed E-state index contributed by atoms with van der Waals surface area (Å²) in [5.41, 5.74) is 3.17. The van der Waals surface area contributed by atoms with E-state index in [1.54, 1.807) is 18.3 Å². The number of aliphatic hydroxyl groups excluding tert-OH is 1. The van der Waals surface area contributed by atoms with Crippen molar-refractivity contribution in [2.75, 3.05) is 49.4 Å². The highest BCUT2D eigenvalue weighted by atomic mass is 32.1. The van der Waals surface area contributed by atoms with Gasteiger partial charge in [-0.05, 0) is 57.0 Å². The molecule has 6 rings (SSSR count). The predicted molar refractivity (Wildman–Crippen MR) is 171 cm³/mol. The second-order valence-electron chi connectivity index (χ2n) is 11.0. The molecular formula is C31H38N8O4S. The van der Waals surface area contributed by atoms with Gasteiger partial charge < -0.3 is 34.5 Å². The first kappa shape index (κ1) is 31.4. The van der Waals surface area contributed by atoms with Gasteiger partial charge in [0.05, 0.1) is 5.56 Å². The Kier molecular flexibility index (Phi) is 10.4. The van der Waals surface area contributed by atoms with Crippen molar-refractivity contribution in [2.45, 2.75) is 38.7 Å². The van der Waals surface area contributed by atoms with Gasteiger partial charge in [0.15, 0.2) is 5.82 Å². The average molecular weight is 619 g/mol. The van der Waals surface area contributed by atoms with Crippen LogP contribution in [0.4, 0.5) is 17.5 Å². The van der Waals surface area contributed by atoms with Crippen LogP contribution in [0.25, 0.3) is 11.5 Å². The lowest BCUT2D eigenvalue weighted by Gasteiger charge is -2.26. The van der Waals surface area contributed by atoms with Gasteiger partial charge in [-0.3, -0.25) is 0 Å². The standard InChI is InChI=1S/C23H28N8O3S.C8H10O/c1-23(2)17-12-14(5-6-15(17)21(32)34-23)26-22-25-13-16(19(27-22)30-35)20-29-28-18(33-20)4-3-9-31-10-7-24-8-11-31;9-7-6-8-4-2-1-3-5-8/h5-6,12-13,24,35H,3-4,7-11H2,1-2H3,(H2,25,26,27,30);1-5,9H,6-7H2. The molecule has 2 aliphatic heterocycles. The molecule has 0 spiro atoms. The van der Waals surface area contributed by atoms with Gasteiger partial charge in [0.25, 0.3) is 5.89 Å². The van der Waals surface area contributed by atoms with Gasteiger partial charge in [-0.15, -0.1) is 10.2 Å². The summed E-state index contributed by atoms with van der Waals surface area (Å²) in [4.78, 5) is 23.4. The quantitative estimate of drug-likeness (QED) is 0.129. The van der Waals surface area contributed by atoms with E-state index in [0.717, 1.165) is 56.8 Å². The van der Waals surface area contributed by atoms with E-state index in [9.17, 15) is 4.79 Å². The van der Waals surface area contributed by atoms with E-state index in [2.05, 4.69) is 53.2 Å². The van der Waals surface area contributed by atoms with Crippen molar-refractivity contribution in [1.82, 2.24) is 30.4 Å². The number of thiol groups is 1. The number of aromatic nitrogens is 4. The molecule has 1 fully saturated rings. The number of piperazine rings is 1. The topological polar surface area (TPSA) is 151 Å². The number of carbonyl (C=O) groups excluding carboxylic acids is 1. The van der Waals surface area contributed by atoms with Crippen LogP contribution < -0.4 is 15.4 Å². The van der Waals surface area contributed by atoms with Gasteiger partial charge in [0.2, 0.25) is 11.8 Å². The van der Waals surface area contributed by atoms with E-state index in [-0.39, 0.29) is 12.6 Å². The van der Waals surface area contributed by atoms with Gasteiger partial charge in [0, 0.05) is 56.7 Å². The van der Waals surface area contributed by atoms with Crippen LogP contribution in [0.3, 0.4) is 0 Å². The largest absolute Gasteiger partial charge is 0.451 e. The number of aliphatic hydroxyl groups is 1. The van der Waals surface area contributed by atoms with Crippen LogP contribution in [-0.4, -0.2) is 75.5 Å². The number of hydrogen-bond acceptors (Lipinski definition) is 13. The average Bonchev–Trinajstić information content (AvgIpc) is 3.59. The molecule has 1 saturated heterocycles. The van der Waals surface area contributed by atoms with Crippen LogP contribution in [0.5, 0.6) is 0 Å². The highest BCUT2D eigenvalue weighted by molar-refractivity contribution is 7.81. The molecule has 0 atom stereocenters. The molecule has 0 unspecified atom stereocenters. The van der Waals surface area contributed by atoms with Crippen molar-refractivity contribution in [1.29, 1.82) is 0 Å². The first-order chi connectivity index (χ1) is 21.4. The third-order valence-electron chi connectivity index (χ3n) is 7.40. The summed E-state index contributed by atoms with van der Waals surface area (Å²) in [7, 11) is 0. The van der Waals surface area contributed by atoms with Crippen molar-refractivity contribution in [3.63, 3.8) is 0 Å². The van der Waals surface area contributed by atoms with Crippen LogP contribution in [0.15, 0.2) is 59.1 Å². The Hall–Kier alpha value is -4.04. The number of carbonyl (C=O) groups is 1. The van der Waals surface area contributed by atoms with E-state index in [0.29, 0.717) is 41.1 Å². The highest BCUT2D eigenvalue weighted by Crippen LogP contribution is 2.37. The molecule has 0 radical (unpaired) electrons. The molecule has 13 heteroatoms. The maximum absolute atomic E-state index is 12.0. The van der Waals surface area contributed by atoms with Crippen LogP contribution in [0.2, 0.25) is 0 Å². The Morgan fingerprint density at radius 1 is 1.07 bits per heavy atom. The number of esters is 1. The fraction of sp³-hybridized carbons (Fsp3) is 0.387. The molecule has 232 valence electrons. The summed E-state index contributed by atoms with van der Waals surface area (Å²) in [6.07, 6.45) is 4.03. The number of benzene rings is 2. The van der Waals surface area contributed by atoms with Crippen molar-refractivity contribution >= 4 is 36.2 Å². The summed E-state index contributed by atoms with van der Waals surface area (Å²) in [5, 5.41) is 23.4. The molecule has 2 aromatic carbocycles. The van der Waals surface area contributed by atoms with Crippen molar-refractivity contribution in [2.24, 2.45) is 0 Å². The van der Waals surface area contributed by atoms with Crippen molar-refractivity contribution in [3.8, 4) is 11.5 Å². The number of anilines is 3. The van der Waals surface area contributed by atoms with Gasteiger partial charge in [-0.1, -0.05) is 43.1 Å². The van der Waals surface area contributed by atoms with Crippen LogP contribution >= 0.6 is 12.8 Å². The zero-order valence-electron chi connectivity index (χ0n) is 24.9. The number of hydrogen-bond donors (Lipinski definition) is 5. The minimum absolute atomic E-state index is 0.240. The SMILES string of the molecule is CC1(C)OC(=O)c2ccc(Nc3ncc(-c4nnc(CCCN5CCNCC5)o4)c(NS)n3)cc21.OCCc1ccccc1. The van der Waals surface area contributed by atoms with Gasteiger partial charge >= 0.3 is 5.97 Å². The molecule has 0 aliphatic carbocycles. The molecular weight excluding hydrogens is 580 g/mol. The van der Waals surface area contributed by atoms with E-state index in [1.807, 2.05) is 50.2 Å². The van der Waals surface area contributed by atoms with Gasteiger partial charge in [0.1, 0.15) is 11.2 Å². The molecule has 4 heterocycles. The molecule has 0 amide bonds. The zero-order chi connectivity index (χ0) is 30.9. The number of fused-ring (bicyclic) bond motifs is 1. The summed E-state index contributed by atoms with van der Waals surface area (Å²) in [6.45, 7) is 9.17. The molecule has 2 aromatic heterocycles. The molecule has 0 saturated carbocycles. The van der Waals surface area contributed by atoms with Crippen LogP contribution in [-0.2, 0) is 23.2 Å². The summed E-state index contributed by atoms with van der Waals surface area (Å²) < 4.78 is 14.1. The van der Waals surface area contributed by atoms with Crippen molar-refractivity contribution < 1.29 is 19.1 Å². The Balaban J connectivity index is 0.000000367. The number of cyclic esters (lactones) is 1. The Morgan fingerprint density at radius 2 is 1.86 bits per heavy atom. The fourth-order valence-corrected chi connectivity index (χ4v) is 5.25. The maximum Gasteiger partial charge on any atom is 0.339 e. The summed E-state index contributed by atoms with van der Waals surface area (Å²) in [6, 6.07) is 15.3. The Bertz CT molecular complexity index is 1540. The minimum atomic E-state index is -0.687. The minimum Gasteiger partial charge on any atom is -0.451 e. The lowest BCUT2D eigenvalue weighted by Crippen LogP contribution is -2.43. The molecule has 12 nitrogen and oxygen atoms in total. The normalized spacial score (nSPS) is 15.6. The zero-order valence-corrected chi connectivity index (χ0v) is 25.8. The molecule has 4 N–H and O–H groups in total. The molecule has 44 heavy (non-hydrogen) atoms.